The molecule has 2 rings (SSSR count). The maximum absolute atomic E-state index is 13.5. The summed E-state index contributed by atoms with van der Waals surface area (Å²) in [4.78, 5) is 0. The van der Waals surface area contributed by atoms with Crippen LogP contribution in [0.15, 0.2) is 48.5 Å². The van der Waals surface area contributed by atoms with E-state index in [1.807, 2.05) is 36.4 Å². The predicted octanol–water partition coefficient (Wildman–Crippen LogP) is 2.72. The molecule has 3 nitrogen and oxygen atoms in total. The Morgan fingerprint density at radius 1 is 1.21 bits per heavy atom. The van der Waals surface area contributed by atoms with E-state index in [-0.39, 0.29) is 11.9 Å². The van der Waals surface area contributed by atoms with E-state index < -0.39 is 0 Å². The van der Waals surface area contributed by atoms with Crippen LogP contribution in [-0.2, 0) is 0 Å². The molecule has 100 valence electrons. The maximum atomic E-state index is 13.5. The SMILES string of the molecule is Cc1ccc(C(COc2ccccc2)NN)cc1F. The summed E-state index contributed by atoms with van der Waals surface area (Å²) in [6.45, 7) is 2.06. The summed E-state index contributed by atoms with van der Waals surface area (Å²) in [5, 5.41) is 0. The Labute approximate surface area is 112 Å². The molecule has 3 N–H and O–H groups in total. The smallest absolute Gasteiger partial charge is 0.126 e. The van der Waals surface area contributed by atoms with Gasteiger partial charge in [-0.3, -0.25) is 5.84 Å². The van der Waals surface area contributed by atoms with E-state index in [9.17, 15) is 4.39 Å². The van der Waals surface area contributed by atoms with Crippen molar-refractivity contribution in [2.75, 3.05) is 6.61 Å². The molecule has 0 aliphatic heterocycles. The van der Waals surface area contributed by atoms with Crippen LogP contribution in [0.4, 0.5) is 4.39 Å². The fraction of sp³-hybridized carbons (Fsp3) is 0.200. The monoisotopic (exact) mass is 260 g/mol. The van der Waals surface area contributed by atoms with Gasteiger partial charge in [-0.15, -0.1) is 0 Å². The van der Waals surface area contributed by atoms with Gasteiger partial charge in [-0.2, -0.15) is 0 Å². The third kappa shape index (κ3) is 3.53. The minimum Gasteiger partial charge on any atom is -0.492 e. The first-order valence-corrected chi connectivity index (χ1v) is 6.10. The number of nitrogens with two attached hydrogens (primary N) is 1. The zero-order valence-electron chi connectivity index (χ0n) is 10.8. The summed E-state index contributed by atoms with van der Waals surface area (Å²) in [6.07, 6.45) is 0. The topological polar surface area (TPSA) is 47.3 Å². The van der Waals surface area contributed by atoms with Gasteiger partial charge in [0.05, 0.1) is 6.04 Å². The lowest BCUT2D eigenvalue weighted by atomic mass is 10.1. The van der Waals surface area contributed by atoms with E-state index in [1.54, 1.807) is 13.0 Å². The number of nitrogens with one attached hydrogen (secondary N) is 1. The molecule has 0 bridgehead atoms. The highest BCUT2D eigenvalue weighted by Crippen LogP contribution is 2.18. The second-order valence-electron chi connectivity index (χ2n) is 4.35. The molecule has 0 fully saturated rings. The first-order chi connectivity index (χ1) is 9.20. The van der Waals surface area contributed by atoms with Crippen molar-refractivity contribution in [1.82, 2.24) is 5.43 Å². The summed E-state index contributed by atoms with van der Waals surface area (Å²) in [7, 11) is 0. The number of rotatable bonds is 5. The van der Waals surface area contributed by atoms with Crippen molar-refractivity contribution in [3.8, 4) is 5.75 Å². The summed E-state index contributed by atoms with van der Waals surface area (Å²) in [5.74, 6) is 6.03. The van der Waals surface area contributed by atoms with Gasteiger partial charge in [0.15, 0.2) is 0 Å². The number of aryl methyl sites for hydroxylation is 1. The van der Waals surface area contributed by atoms with Crippen molar-refractivity contribution >= 4 is 0 Å². The standard InChI is InChI=1S/C15H17FN2O/c1-11-7-8-12(9-14(11)16)15(18-17)10-19-13-5-3-2-4-6-13/h2-9,15,18H,10,17H2,1H3. The van der Waals surface area contributed by atoms with Crippen molar-refractivity contribution < 1.29 is 9.13 Å². The molecule has 0 aliphatic carbocycles. The zero-order chi connectivity index (χ0) is 13.7. The molecule has 1 atom stereocenters. The molecule has 0 radical (unpaired) electrons. The first kappa shape index (κ1) is 13.5. The van der Waals surface area contributed by atoms with E-state index >= 15 is 0 Å². The first-order valence-electron chi connectivity index (χ1n) is 6.10. The minimum absolute atomic E-state index is 0.238. The van der Waals surface area contributed by atoms with Gasteiger partial charge in [-0.25, -0.2) is 9.82 Å². The zero-order valence-corrected chi connectivity index (χ0v) is 10.8. The van der Waals surface area contributed by atoms with Crippen LogP contribution in [0.2, 0.25) is 0 Å². The normalized spacial score (nSPS) is 12.2. The number of halogens is 1. The Morgan fingerprint density at radius 2 is 1.95 bits per heavy atom. The molecule has 1 unspecified atom stereocenters. The number of para-hydroxylation sites is 1. The molecular formula is C15H17FN2O. The lowest BCUT2D eigenvalue weighted by Gasteiger charge is -2.17. The van der Waals surface area contributed by atoms with E-state index in [4.69, 9.17) is 10.6 Å². The van der Waals surface area contributed by atoms with E-state index in [2.05, 4.69) is 5.43 Å². The molecule has 0 amide bonds. The number of hydrazine groups is 1. The lowest BCUT2D eigenvalue weighted by Crippen LogP contribution is -2.32. The third-order valence-corrected chi connectivity index (χ3v) is 2.96. The Bertz CT molecular complexity index is 531. The summed E-state index contributed by atoms with van der Waals surface area (Å²) < 4.78 is 19.1. The molecule has 2 aromatic carbocycles. The summed E-state index contributed by atoms with van der Waals surface area (Å²) in [6, 6.07) is 14.2. The van der Waals surface area contributed by atoms with Gasteiger partial charge in [-0.05, 0) is 36.2 Å². The van der Waals surface area contributed by atoms with Crippen molar-refractivity contribution in [2.45, 2.75) is 13.0 Å². The average molecular weight is 260 g/mol. The number of ether oxygens (including phenoxy) is 1. The third-order valence-electron chi connectivity index (χ3n) is 2.96. The average Bonchev–Trinajstić information content (AvgIpc) is 2.44. The second-order valence-corrected chi connectivity index (χ2v) is 4.35. The van der Waals surface area contributed by atoms with Crippen molar-refractivity contribution in [1.29, 1.82) is 0 Å². The van der Waals surface area contributed by atoms with Crippen LogP contribution in [0.3, 0.4) is 0 Å². The van der Waals surface area contributed by atoms with Gasteiger partial charge in [-0.1, -0.05) is 30.3 Å². The fourth-order valence-corrected chi connectivity index (χ4v) is 1.76. The highest BCUT2D eigenvalue weighted by molar-refractivity contribution is 5.26. The van der Waals surface area contributed by atoms with Crippen molar-refractivity contribution in [3.05, 3.63) is 65.5 Å². The van der Waals surface area contributed by atoms with Crippen LogP contribution in [0.5, 0.6) is 5.75 Å². The predicted molar refractivity (Wildman–Crippen MR) is 73.1 cm³/mol. The van der Waals surface area contributed by atoms with E-state index in [1.165, 1.54) is 6.07 Å². The minimum atomic E-state index is -0.254. The second kappa shape index (κ2) is 6.31. The van der Waals surface area contributed by atoms with E-state index in [0.29, 0.717) is 12.2 Å². The molecule has 0 saturated carbocycles. The van der Waals surface area contributed by atoms with Gasteiger partial charge in [0.25, 0.3) is 0 Å². The van der Waals surface area contributed by atoms with Gasteiger partial charge >= 0.3 is 0 Å². The fourth-order valence-electron chi connectivity index (χ4n) is 1.76. The molecule has 0 spiro atoms. The Morgan fingerprint density at radius 3 is 2.58 bits per heavy atom. The molecule has 4 heteroatoms. The van der Waals surface area contributed by atoms with Crippen molar-refractivity contribution in [2.24, 2.45) is 5.84 Å². The lowest BCUT2D eigenvalue weighted by molar-refractivity contribution is 0.267. The number of hydrogen-bond acceptors (Lipinski definition) is 3. The molecular weight excluding hydrogens is 243 g/mol. The van der Waals surface area contributed by atoms with Gasteiger partial charge in [0.1, 0.15) is 18.2 Å². The van der Waals surface area contributed by atoms with Crippen LogP contribution in [-0.4, -0.2) is 6.61 Å². The molecule has 0 aliphatic rings. The van der Waals surface area contributed by atoms with Crippen molar-refractivity contribution in [3.63, 3.8) is 0 Å². The molecule has 0 saturated heterocycles. The van der Waals surface area contributed by atoms with Gasteiger partial charge < -0.3 is 4.74 Å². The van der Waals surface area contributed by atoms with Crippen LogP contribution >= 0.6 is 0 Å². The number of hydrogen-bond donors (Lipinski definition) is 2. The van der Waals surface area contributed by atoms with Crippen LogP contribution < -0.4 is 16.0 Å². The van der Waals surface area contributed by atoms with Crippen LogP contribution in [0.25, 0.3) is 0 Å². The highest BCUT2D eigenvalue weighted by atomic mass is 19.1. The van der Waals surface area contributed by atoms with Gasteiger partial charge in [0, 0.05) is 0 Å². The largest absolute Gasteiger partial charge is 0.492 e. The quantitative estimate of drug-likeness (QED) is 0.642. The molecule has 19 heavy (non-hydrogen) atoms. The highest BCUT2D eigenvalue weighted by Gasteiger charge is 2.12. The van der Waals surface area contributed by atoms with E-state index in [0.717, 1.165) is 11.3 Å². The Hall–Kier alpha value is -1.91. The molecule has 0 heterocycles. The number of benzene rings is 2. The Balaban J connectivity index is 2.05. The van der Waals surface area contributed by atoms with Crippen LogP contribution in [0.1, 0.15) is 17.2 Å². The summed E-state index contributed by atoms with van der Waals surface area (Å²) in [5.41, 5.74) is 4.02. The maximum Gasteiger partial charge on any atom is 0.126 e. The Kier molecular flexibility index (Phi) is 4.49. The summed E-state index contributed by atoms with van der Waals surface area (Å²) >= 11 is 0. The molecule has 2 aromatic rings. The molecule has 0 aromatic heterocycles. The van der Waals surface area contributed by atoms with Gasteiger partial charge in [0.2, 0.25) is 0 Å². The van der Waals surface area contributed by atoms with Crippen LogP contribution in [0, 0.1) is 12.7 Å².